The predicted molar refractivity (Wildman–Crippen MR) is 132 cm³/mol. The molecular weight excluding hydrogens is 430 g/mol. The summed E-state index contributed by atoms with van der Waals surface area (Å²) in [5.41, 5.74) is 1.08. The maximum absolute atomic E-state index is 13.5. The number of carboxylic acid groups (broad SMARTS) is 1. The number of hydrogen-bond donors (Lipinski definition) is 1. The second-order valence-electron chi connectivity index (χ2n) is 8.56. The lowest BCUT2D eigenvalue weighted by Gasteiger charge is -2.22. The van der Waals surface area contributed by atoms with Crippen molar-refractivity contribution in [3.05, 3.63) is 82.4 Å². The van der Waals surface area contributed by atoms with E-state index in [0.717, 1.165) is 36.5 Å². The summed E-state index contributed by atoms with van der Waals surface area (Å²) >= 11 is 0. The number of aromatic nitrogens is 2. The molecule has 0 atom stereocenters. The molecule has 1 heterocycles. The van der Waals surface area contributed by atoms with Crippen LogP contribution in [0.2, 0.25) is 0 Å². The number of carbonyl (C=O) groups is 1. The minimum atomic E-state index is -1.06. The van der Waals surface area contributed by atoms with E-state index in [4.69, 9.17) is 14.8 Å². The number of benzene rings is 3. The molecule has 4 aromatic rings. The Kier molecular flexibility index (Phi) is 6.08. The van der Waals surface area contributed by atoms with Gasteiger partial charge in [0.25, 0.3) is 5.56 Å². The van der Waals surface area contributed by atoms with E-state index in [0.29, 0.717) is 28.0 Å². The molecule has 34 heavy (non-hydrogen) atoms. The summed E-state index contributed by atoms with van der Waals surface area (Å²) in [6, 6.07) is 18.7. The minimum Gasteiger partial charge on any atom is -0.481 e. The first-order valence-corrected chi connectivity index (χ1v) is 11.5. The first-order valence-electron chi connectivity index (χ1n) is 11.5. The lowest BCUT2D eigenvalue weighted by atomic mass is 9.88. The molecule has 7 nitrogen and oxygen atoms in total. The molecule has 0 bridgehead atoms. The van der Waals surface area contributed by atoms with Gasteiger partial charge < -0.3 is 9.84 Å². The Labute approximate surface area is 196 Å². The second-order valence-corrected chi connectivity index (χ2v) is 8.56. The monoisotopic (exact) mass is 455 g/mol. The number of aliphatic carboxylic acids is 1. The highest BCUT2D eigenvalue weighted by Gasteiger charge is 2.22. The summed E-state index contributed by atoms with van der Waals surface area (Å²) in [4.78, 5) is 29.4. The van der Waals surface area contributed by atoms with Crippen LogP contribution in [0.1, 0.15) is 49.4 Å². The van der Waals surface area contributed by atoms with Crippen molar-refractivity contribution in [3.8, 4) is 5.75 Å². The molecule has 1 saturated carbocycles. The number of nitrogens with zero attached hydrogens (tertiary/aromatic N) is 3. The summed E-state index contributed by atoms with van der Waals surface area (Å²) in [6.07, 6.45) is 6.94. The number of fused-ring (bicyclic) bond motifs is 2. The number of para-hydroxylation sites is 1. The van der Waals surface area contributed by atoms with Crippen LogP contribution in [0.25, 0.3) is 21.7 Å². The lowest BCUT2D eigenvalue weighted by molar-refractivity contribution is -0.139. The zero-order chi connectivity index (χ0) is 23.5. The first-order chi connectivity index (χ1) is 16.6. The van der Waals surface area contributed by atoms with Gasteiger partial charge in [0.1, 0.15) is 11.6 Å². The van der Waals surface area contributed by atoms with Crippen LogP contribution < -0.4 is 10.3 Å². The third-order valence-electron chi connectivity index (χ3n) is 6.33. The van der Waals surface area contributed by atoms with Gasteiger partial charge in [0, 0.05) is 11.5 Å². The fraction of sp³-hybridized carbons (Fsp3) is 0.259. The minimum absolute atomic E-state index is 0.165. The molecule has 3 aromatic carbocycles. The number of carboxylic acids is 1. The van der Waals surface area contributed by atoms with Crippen LogP contribution in [-0.2, 0) is 4.79 Å². The maximum atomic E-state index is 13.5. The average molecular weight is 456 g/mol. The molecule has 172 valence electrons. The molecule has 0 spiro atoms. The quantitative estimate of drug-likeness (QED) is 0.416. The summed E-state index contributed by atoms with van der Waals surface area (Å²) < 4.78 is 6.97. The number of hydrogen-bond acceptors (Lipinski definition) is 5. The maximum Gasteiger partial charge on any atom is 0.341 e. The van der Waals surface area contributed by atoms with Gasteiger partial charge in [-0.3, -0.25) is 4.79 Å². The zero-order valence-corrected chi connectivity index (χ0v) is 18.7. The summed E-state index contributed by atoms with van der Waals surface area (Å²) in [5.74, 6) is 0.169. The summed E-state index contributed by atoms with van der Waals surface area (Å²) in [6.45, 7) is -0.468. The molecule has 0 unspecified atom stereocenters. The first kappa shape index (κ1) is 21.8. The van der Waals surface area contributed by atoms with E-state index < -0.39 is 12.6 Å². The van der Waals surface area contributed by atoms with E-state index in [2.05, 4.69) is 5.10 Å². The van der Waals surface area contributed by atoms with Crippen LogP contribution in [0, 0.1) is 0 Å². The van der Waals surface area contributed by atoms with Gasteiger partial charge in [-0.25, -0.2) is 9.78 Å². The van der Waals surface area contributed by atoms with Gasteiger partial charge in [-0.2, -0.15) is 9.78 Å². The van der Waals surface area contributed by atoms with Crippen molar-refractivity contribution in [2.45, 2.75) is 38.0 Å². The van der Waals surface area contributed by atoms with Crippen molar-refractivity contribution in [3.63, 3.8) is 0 Å². The van der Waals surface area contributed by atoms with Crippen LogP contribution >= 0.6 is 0 Å². The van der Waals surface area contributed by atoms with Crippen LogP contribution in [0.5, 0.6) is 5.75 Å². The van der Waals surface area contributed by atoms with Crippen molar-refractivity contribution < 1.29 is 14.6 Å². The van der Waals surface area contributed by atoms with Gasteiger partial charge in [-0.15, -0.1) is 0 Å². The van der Waals surface area contributed by atoms with Gasteiger partial charge in [0.2, 0.25) is 0 Å². The Morgan fingerprint density at radius 3 is 2.56 bits per heavy atom. The summed E-state index contributed by atoms with van der Waals surface area (Å²) in [7, 11) is 0. The van der Waals surface area contributed by atoms with E-state index >= 15 is 0 Å². The van der Waals surface area contributed by atoms with Crippen molar-refractivity contribution in [1.82, 2.24) is 9.66 Å². The van der Waals surface area contributed by atoms with Gasteiger partial charge in [0.05, 0.1) is 17.1 Å². The topological polar surface area (TPSA) is 93.8 Å². The SMILES string of the molecule is O=C(O)COc1ccc2ccccc2c1C=Nn1c(C2CCCCC2)nc2ccccc2c1=O. The van der Waals surface area contributed by atoms with Crippen molar-refractivity contribution in [1.29, 1.82) is 0 Å². The second kappa shape index (κ2) is 9.47. The van der Waals surface area contributed by atoms with Crippen LogP contribution in [0.3, 0.4) is 0 Å². The predicted octanol–water partition coefficient (Wildman–Crippen LogP) is 4.94. The smallest absolute Gasteiger partial charge is 0.341 e. The van der Waals surface area contributed by atoms with E-state index in [1.807, 2.05) is 48.5 Å². The molecule has 5 rings (SSSR count). The molecule has 1 aromatic heterocycles. The van der Waals surface area contributed by atoms with Gasteiger partial charge in [-0.05, 0) is 41.8 Å². The number of rotatable bonds is 6. The van der Waals surface area contributed by atoms with Crippen molar-refractivity contribution >= 4 is 33.9 Å². The fourth-order valence-electron chi connectivity index (χ4n) is 4.67. The Hall–Kier alpha value is -4.00. The van der Waals surface area contributed by atoms with Gasteiger partial charge in [-0.1, -0.05) is 61.7 Å². The third kappa shape index (κ3) is 4.29. The molecule has 7 heteroatoms. The molecular formula is C27H25N3O4. The Morgan fingerprint density at radius 2 is 1.76 bits per heavy atom. The van der Waals surface area contributed by atoms with Crippen LogP contribution in [0.4, 0.5) is 0 Å². The highest BCUT2D eigenvalue weighted by molar-refractivity contribution is 6.02. The van der Waals surface area contributed by atoms with Crippen molar-refractivity contribution in [2.24, 2.45) is 5.10 Å². The fourth-order valence-corrected chi connectivity index (χ4v) is 4.67. The third-order valence-corrected chi connectivity index (χ3v) is 6.33. The lowest BCUT2D eigenvalue weighted by Crippen LogP contribution is -2.25. The Balaban J connectivity index is 1.67. The Morgan fingerprint density at radius 1 is 1.03 bits per heavy atom. The van der Waals surface area contributed by atoms with E-state index in [1.54, 1.807) is 18.3 Å². The molecule has 1 fully saturated rings. The van der Waals surface area contributed by atoms with E-state index in [1.165, 1.54) is 11.1 Å². The molecule has 0 aliphatic heterocycles. The van der Waals surface area contributed by atoms with E-state index in [9.17, 15) is 9.59 Å². The highest BCUT2D eigenvalue weighted by atomic mass is 16.5. The molecule has 1 N–H and O–H groups in total. The standard InChI is InChI=1S/C27H25N3O4/c31-25(32)17-34-24-15-14-18-8-4-5-11-20(18)22(24)16-28-30-26(19-9-2-1-3-10-19)29-23-13-7-6-12-21(23)27(30)33/h4-8,11-16,19H,1-3,9-10,17H2,(H,31,32). The molecule has 0 saturated heterocycles. The van der Waals surface area contributed by atoms with Crippen LogP contribution in [-0.4, -0.2) is 33.6 Å². The van der Waals surface area contributed by atoms with E-state index in [-0.39, 0.29) is 11.5 Å². The normalized spacial score (nSPS) is 14.7. The highest BCUT2D eigenvalue weighted by Crippen LogP contribution is 2.32. The van der Waals surface area contributed by atoms with Gasteiger partial charge >= 0.3 is 5.97 Å². The van der Waals surface area contributed by atoms with Crippen LogP contribution in [0.15, 0.2) is 70.6 Å². The summed E-state index contributed by atoms with van der Waals surface area (Å²) in [5, 5.41) is 16.1. The molecule has 0 amide bonds. The average Bonchev–Trinajstić information content (AvgIpc) is 2.87. The zero-order valence-electron chi connectivity index (χ0n) is 18.7. The largest absolute Gasteiger partial charge is 0.481 e. The Bertz CT molecular complexity index is 1450. The van der Waals surface area contributed by atoms with Crippen molar-refractivity contribution in [2.75, 3.05) is 6.61 Å². The molecule has 1 aliphatic rings. The molecule has 1 aliphatic carbocycles. The molecule has 0 radical (unpaired) electrons. The number of ether oxygens (including phenoxy) is 1. The van der Waals surface area contributed by atoms with Gasteiger partial charge in [0.15, 0.2) is 6.61 Å².